The first kappa shape index (κ1) is 14.8. The van der Waals surface area contributed by atoms with Crippen molar-refractivity contribution in [2.45, 2.75) is 0 Å². The van der Waals surface area contributed by atoms with Gasteiger partial charge in [0, 0.05) is 28.2 Å². The van der Waals surface area contributed by atoms with E-state index < -0.39 is 7.87 Å². The second-order valence-electron chi connectivity index (χ2n) is 4.88. The lowest BCUT2D eigenvalue weighted by molar-refractivity contribution is -0.113. The van der Waals surface area contributed by atoms with Crippen LogP contribution in [0.2, 0.25) is 0 Å². The van der Waals surface area contributed by atoms with Crippen molar-refractivity contribution in [3.8, 4) is 0 Å². The number of amides is 1. The molecule has 2 aromatic rings. The predicted molar refractivity (Wildman–Crippen MR) is 81.0 cm³/mol. The van der Waals surface area contributed by atoms with Crippen LogP contribution in [0, 0.1) is 0 Å². The Morgan fingerprint density at radius 3 is 2.25 bits per heavy atom. The molecule has 0 saturated carbocycles. The molecule has 0 radical (unpaired) electrons. The van der Waals surface area contributed by atoms with Crippen LogP contribution in [0.25, 0.3) is 11.0 Å². The highest BCUT2D eigenvalue weighted by Gasteiger charge is 2.54. The van der Waals surface area contributed by atoms with Gasteiger partial charge in [-0.25, -0.2) is 0 Å². The molecule has 0 saturated heterocycles. The summed E-state index contributed by atoms with van der Waals surface area (Å²) in [4.78, 5) is 11.4. The van der Waals surface area contributed by atoms with Crippen molar-refractivity contribution in [2.75, 3.05) is 35.2 Å². The van der Waals surface area contributed by atoms with Gasteiger partial charge in [-0.05, 0) is 17.3 Å². The first-order chi connectivity index (χ1) is 9.46. The minimum absolute atomic E-state index is 0.819. The van der Waals surface area contributed by atoms with Gasteiger partial charge in [0.25, 0.3) is 0 Å². The highest BCUT2D eigenvalue weighted by atomic mass is 31.2. The Labute approximate surface area is 119 Å². The first-order valence-corrected chi connectivity index (χ1v) is 7.80. The Morgan fingerprint density at radius 2 is 1.70 bits per heavy atom. The number of benzene rings is 1. The van der Waals surface area contributed by atoms with E-state index in [0.717, 1.165) is 17.4 Å². The van der Waals surface area contributed by atoms with Gasteiger partial charge in [-0.3, -0.25) is 4.79 Å². The number of fused-ring (bicyclic) bond motifs is 1. The largest absolute Gasteiger partial charge is 0.380 e. The van der Waals surface area contributed by atoms with Gasteiger partial charge in [-0.15, -0.1) is 14.4 Å². The van der Waals surface area contributed by atoms with Gasteiger partial charge < -0.3 is 0 Å². The van der Waals surface area contributed by atoms with Crippen LogP contribution in [0.4, 0.5) is 0 Å². The zero-order chi connectivity index (χ0) is 14.9. The second kappa shape index (κ2) is 5.44. The van der Waals surface area contributed by atoms with E-state index in [-0.39, 0.29) is 0 Å². The Bertz CT molecular complexity index is 603. The molecule has 8 heteroatoms. The summed E-state index contributed by atoms with van der Waals surface area (Å²) in [5, 5.41) is 8.52. The summed E-state index contributed by atoms with van der Waals surface area (Å²) >= 11 is 0. The van der Waals surface area contributed by atoms with Crippen molar-refractivity contribution in [1.29, 1.82) is 0 Å². The summed E-state index contributed by atoms with van der Waals surface area (Å²) < 4.78 is 7.59. The smallest absolute Gasteiger partial charge is 0.275 e. The molecular formula is C12H20N6OP+. The van der Waals surface area contributed by atoms with Crippen molar-refractivity contribution >= 4 is 25.3 Å². The van der Waals surface area contributed by atoms with Gasteiger partial charge in [-0.2, -0.15) is 4.67 Å². The number of hydrogen-bond donors (Lipinski definition) is 0. The SMILES string of the molecule is CN(C)[P+](N(C)C)(N(C)C=O)n1nnc2ccccc21. The molecule has 2 rings (SSSR count). The molecule has 0 fully saturated rings. The number of para-hydroxylation sites is 1. The van der Waals surface area contributed by atoms with E-state index in [2.05, 4.69) is 10.3 Å². The van der Waals surface area contributed by atoms with Crippen molar-refractivity contribution in [3.63, 3.8) is 0 Å². The minimum atomic E-state index is -2.31. The van der Waals surface area contributed by atoms with Gasteiger partial charge in [0.05, 0.1) is 7.05 Å². The Balaban J connectivity index is 2.77. The Morgan fingerprint density at radius 1 is 1.10 bits per heavy atom. The van der Waals surface area contributed by atoms with Crippen LogP contribution in [-0.4, -0.2) is 70.4 Å². The highest BCUT2D eigenvalue weighted by Crippen LogP contribution is 2.64. The maximum absolute atomic E-state index is 11.4. The summed E-state index contributed by atoms with van der Waals surface area (Å²) in [7, 11) is 7.26. The Hall–Kier alpha value is -1.56. The van der Waals surface area contributed by atoms with Crippen molar-refractivity contribution in [1.82, 2.24) is 28.8 Å². The molecule has 20 heavy (non-hydrogen) atoms. The van der Waals surface area contributed by atoms with Crippen LogP contribution in [0.3, 0.4) is 0 Å². The third kappa shape index (κ3) is 1.98. The van der Waals surface area contributed by atoms with Crippen LogP contribution >= 0.6 is 7.87 Å². The number of hydrogen-bond acceptors (Lipinski definition) is 5. The summed E-state index contributed by atoms with van der Waals surface area (Å²) in [5.41, 5.74) is 1.73. The standard InChI is InChI=1S/C12H20N6OP/c1-15(2)20(16(3)4,17(5)10-19)18-12-9-7-6-8-11(12)13-14-18/h6-10H,1-5H3/q+1. The lowest BCUT2D eigenvalue weighted by Crippen LogP contribution is -2.41. The van der Waals surface area contributed by atoms with Crippen LogP contribution < -0.4 is 0 Å². The average Bonchev–Trinajstić information content (AvgIpc) is 2.83. The van der Waals surface area contributed by atoms with Crippen molar-refractivity contribution in [2.24, 2.45) is 0 Å². The third-order valence-electron chi connectivity index (χ3n) is 3.24. The molecular weight excluding hydrogens is 275 g/mol. The molecule has 0 bridgehead atoms. The van der Waals surface area contributed by atoms with E-state index in [1.807, 2.05) is 66.2 Å². The van der Waals surface area contributed by atoms with Crippen LogP contribution in [0.15, 0.2) is 24.3 Å². The summed E-state index contributed by atoms with van der Waals surface area (Å²) in [6, 6.07) is 7.76. The first-order valence-electron chi connectivity index (χ1n) is 6.20. The van der Waals surface area contributed by atoms with E-state index in [9.17, 15) is 4.79 Å². The Kier molecular flexibility index (Phi) is 4.04. The molecule has 0 atom stereocenters. The van der Waals surface area contributed by atoms with Gasteiger partial charge in [0.1, 0.15) is 11.0 Å². The number of nitrogens with zero attached hydrogens (tertiary/aromatic N) is 6. The normalized spacial score (nSPS) is 12.3. The lowest BCUT2D eigenvalue weighted by Gasteiger charge is -2.37. The fraction of sp³-hybridized carbons (Fsp3) is 0.417. The molecule has 0 N–H and O–H groups in total. The van der Waals surface area contributed by atoms with Crippen LogP contribution in [0.1, 0.15) is 0 Å². The number of rotatable bonds is 5. The van der Waals surface area contributed by atoms with Crippen molar-refractivity contribution in [3.05, 3.63) is 24.3 Å². The summed E-state index contributed by atoms with van der Waals surface area (Å²) in [6.45, 7) is 0. The van der Waals surface area contributed by atoms with E-state index in [1.165, 1.54) is 0 Å². The molecule has 0 spiro atoms. The quantitative estimate of drug-likeness (QED) is 0.612. The van der Waals surface area contributed by atoms with Gasteiger partial charge in [-0.1, -0.05) is 16.6 Å². The topological polar surface area (TPSA) is 57.5 Å². The maximum Gasteiger partial charge on any atom is 0.380 e. The van der Waals surface area contributed by atoms with Gasteiger partial charge >= 0.3 is 7.87 Å². The molecule has 1 amide bonds. The summed E-state index contributed by atoms with van der Waals surface area (Å²) in [5.74, 6) is 0. The fourth-order valence-corrected chi connectivity index (χ4v) is 6.03. The highest BCUT2D eigenvalue weighted by molar-refractivity contribution is 7.68. The van der Waals surface area contributed by atoms with Gasteiger partial charge in [0.2, 0.25) is 6.41 Å². The zero-order valence-corrected chi connectivity index (χ0v) is 13.3. The minimum Gasteiger partial charge on any atom is -0.275 e. The second-order valence-corrected chi connectivity index (χ2v) is 8.56. The van der Waals surface area contributed by atoms with E-state index in [1.54, 1.807) is 11.7 Å². The molecule has 1 heterocycles. The van der Waals surface area contributed by atoms with Crippen molar-refractivity contribution < 1.29 is 4.79 Å². The summed E-state index contributed by atoms with van der Waals surface area (Å²) in [6.07, 6.45) is 0.838. The molecule has 0 aliphatic heterocycles. The molecule has 7 nitrogen and oxygen atoms in total. The van der Waals surface area contributed by atoms with Crippen LogP contribution in [0.5, 0.6) is 0 Å². The number of aromatic nitrogens is 3. The molecule has 1 aromatic heterocycles. The van der Waals surface area contributed by atoms with E-state index >= 15 is 0 Å². The maximum atomic E-state index is 11.4. The molecule has 0 aliphatic carbocycles. The lowest BCUT2D eigenvalue weighted by atomic mass is 10.3. The van der Waals surface area contributed by atoms with Crippen LogP contribution in [-0.2, 0) is 4.79 Å². The molecule has 0 unspecified atom stereocenters. The third-order valence-corrected chi connectivity index (χ3v) is 7.13. The molecule has 0 aliphatic rings. The monoisotopic (exact) mass is 295 g/mol. The molecule has 108 valence electrons. The molecule has 1 aromatic carbocycles. The fourth-order valence-electron chi connectivity index (χ4n) is 2.51. The van der Waals surface area contributed by atoms with E-state index in [4.69, 9.17) is 0 Å². The zero-order valence-electron chi connectivity index (χ0n) is 12.4. The number of carbonyl (C=O) groups excluding carboxylic acids is 1. The average molecular weight is 295 g/mol. The number of carbonyl (C=O) groups is 1. The van der Waals surface area contributed by atoms with Gasteiger partial charge in [0.15, 0.2) is 0 Å². The van der Waals surface area contributed by atoms with E-state index in [0.29, 0.717) is 0 Å². The predicted octanol–water partition coefficient (Wildman–Crippen LogP) is 1.17.